The summed E-state index contributed by atoms with van der Waals surface area (Å²) in [6, 6.07) is 18.6. The Kier molecular flexibility index (Phi) is 7.46. The van der Waals surface area contributed by atoms with E-state index in [1.165, 1.54) is 0 Å². The third kappa shape index (κ3) is 5.36. The Morgan fingerprint density at radius 2 is 1.52 bits per heavy atom. The summed E-state index contributed by atoms with van der Waals surface area (Å²) in [6.45, 7) is 5.40. The van der Waals surface area contributed by atoms with Gasteiger partial charge in [0.2, 0.25) is 0 Å². The highest BCUT2D eigenvalue weighted by Gasteiger charge is 2.21. The summed E-state index contributed by atoms with van der Waals surface area (Å²) in [5.41, 5.74) is 5.02. The van der Waals surface area contributed by atoms with Gasteiger partial charge in [-0.3, -0.25) is 10.7 Å². The highest BCUT2D eigenvalue weighted by molar-refractivity contribution is 6.23. The van der Waals surface area contributed by atoms with E-state index < -0.39 is 5.97 Å². The molecule has 0 saturated heterocycles. The number of benzene rings is 2. The van der Waals surface area contributed by atoms with Gasteiger partial charge in [0.1, 0.15) is 5.57 Å². The van der Waals surface area contributed by atoms with Crippen LogP contribution >= 0.6 is 0 Å². The lowest BCUT2D eigenvalue weighted by atomic mass is 10.0. The molecule has 2 aromatic rings. The molecule has 0 spiro atoms. The first-order chi connectivity index (χ1) is 13.1. The molecule has 2 aromatic carbocycles. The number of nitrogens with one attached hydrogen (secondary N) is 1. The fourth-order valence-electron chi connectivity index (χ4n) is 2.44. The average molecular weight is 365 g/mol. The molecule has 2 rings (SSSR count). The zero-order valence-corrected chi connectivity index (χ0v) is 15.6. The predicted octanol–water partition coefficient (Wildman–Crippen LogP) is 3.82. The molecule has 0 radical (unpaired) electrons. The van der Waals surface area contributed by atoms with E-state index in [0.29, 0.717) is 17.0 Å². The van der Waals surface area contributed by atoms with Gasteiger partial charge in [0.05, 0.1) is 23.7 Å². The molecule has 140 valence electrons. The predicted molar refractivity (Wildman–Crippen MR) is 107 cm³/mol. The van der Waals surface area contributed by atoms with E-state index in [2.05, 4.69) is 15.7 Å². The minimum atomic E-state index is -0.591. The van der Waals surface area contributed by atoms with Crippen molar-refractivity contribution < 1.29 is 14.7 Å². The van der Waals surface area contributed by atoms with Crippen molar-refractivity contribution >= 4 is 23.1 Å². The Bertz CT molecular complexity index is 857. The van der Waals surface area contributed by atoms with Crippen LogP contribution in [-0.4, -0.2) is 29.2 Å². The van der Waals surface area contributed by atoms with Crippen molar-refractivity contribution in [2.75, 3.05) is 6.61 Å². The van der Waals surface area contributed by atoms with Crippen molar-refractivity contribution in [3.63, 3.8) is 0 Å². The molecule has 0 heterocycles. The lowest BCUT2D eigenvalue weighted by molar-refractivity contribution is -0.137. The van der Waals surface area contributed by atoms with Crippen LogP contribution in [0.25, 0.3) is 5.70 Å². The first kappa shape index (κ1) is 20.1. The lowest BCUT2D eigenvalue weighted by Gasteiger charge is -2.13. The van der Waals surface area contributed by atoms with Crippen molar-refractivity contribution in [3.8, 4) is 0 Å². The SMILES string of the molecule is CCOC(=O)C(=C(\NO)c1ccccc1)/C(C)=N/N=C(\C)c1ccccc1. The second-order valence-electron chi connectivity index (χ2n) is 5.69. The molecule has 0 aliphatic rings. The number of nitrogens with zero attached hydrogens (tertiary/aromatic N) is 2. The molecule has 0 amide bonds. The van der Waals surface area contributed by atoms with E-state index in [1.807, 2.05) is 43.3 Å². The largest absolute Gasteiger partial charge is 0.462 e. The molecule has 0 bridgehead atoms. The fourth-order valence-corrected chi connectivity index (χ4v) is 2.44. The first-order valence-corrected chi connectivity index (χ1v) is 8.60. The van der Waals surface area contributed by atoms with Gasteiger partial charge in [0.25, 0.3) is 0 Å². The van der Waals surface area contributed by atoms with E-state index in [-0.39, 0.29) is 17.9 Å². The maximum absolute atomic E-state index is 12.5. The molecule has 6 nitrogen and oxygen atoms in total. The van der Waals surface area contributed by atoms with Crippen LogP contribution in [0.1, 0.15) is 31.9 Å². The molecule has 0 aliphatic carbocycles. The van der Waals surface area contributed by atoms with Gasteiger partial charge in [-0.2, -0.15) is 10.2 Å². The Morgan fingerprint density at radius 3 is 2.04 bits per heavy atom. The molecule has 0 aliphatic heterocycles. The highest BCUT2D eigenvalue weighted by atomic mass is 16.5. The third-order valence-electron chi connectivity index (χ3n) is 3.81. The van der Waals surface area contributed by atoms with Gasteiger partial charge in [-0.15, -0.1) is 0 Å². The summed E-state index contributed by atoms with van der Waals surface area (Å²) in [6.07, 6.45) is 0. The maximum Gasteiger partial charge on any atom is 0.342 e. The van der Waals surface area contributed by atoms with Gasteiger partial charge in [-0.1, -0.05) is 60.7 Å². The van der Waals surface area contributed by atoms with Crippen molar-refractivity contribution in [1.29, 1.82) is 0 Å². The van der Waals surface area contributed by atoms with E-state index in [9.17, 15) is 10.0 Å². The van der Waals surface area contributed by atoms with Crippen LogP contribution in [0.3, 0.4) is 0 Å². The Balaban J connectivity index is 2.50. The van der Waals surface area contributed by atoms with Gasteiger partial charge >= 0.3 is 5.97 Å². The van der Waals surface area contributed by atoms with Gasteiger partial charge in [-0.05, 0) is 26.3 Å². The number of esters is 1. The molecule has 27 heavy (non-hydrogen) atoms. The molecular formula is C21H23N3O3. The van der Waals surface area contributed by atoms with Crippen LogP contribution in [0.2, 0.25) is 0 Å². The summed E-state index contributed by atoms with van der Waals surface area (Å²) in [4.78, 5) is 12.5. The zero-order valence-electron chi connectivity index (χ0n) is 15.6. The van der Waals surface area contributed by atoms with E-state index in [4.69, 9.17) is 4.74 Å². The minimum Gasteiger partial charge on any atom is -0.462 e. The summed E-state index contributed by atoms with van der Waals surface area (Å²) in [7, 11) is 0. The van der Waals surface area contributed by atoms with Crippen LogP contribution < -0.4 is 5.48 Å². The Hall–Kier alpha value is -3.25. The standard InChI is InChI=1S/C21H23N3O3/c1-4-27-21(25)19(20(24-26)18-13-9-6-10-14-18)16(3)23-22-15(2)17-11-7-5-8-12-17/h5-14,24,26H,4H2,1-3H3/b20-19-,22-15+,23-16+. The summed E-state index contributed by atoms with van der Waals surface area (Å²) in [5.74, 6) is -0.591. The van der Waals surface area contributed by atoms with Gasteiger partial charge in [0, 0.05) is 5.56 Å². The second-order valence-corrected chi connectivity index (χ2v) is 5.69. The van der Waals surface area contributed by atoms with E-state index in [1.54, 1.807) is 38.1 Å². The van der Waals surface area contributed by atoms with Crippen molar-refractivity contribution in [1.82, 2.24) is 5.48 Å². The van der Waals surface area contributed by atoms with Crippen LogP contribution in [0.5, 0.6) is 0 Å². The number of hydrogen-bond donors (Lipinski definition) is 2. The number of hydrogen-bond acceptors (Lipinski definition) is 6. The minimum absolute atomic E-state index is 0.121. The second kappa shape index (κ2) is 10.0. The van der Waals surface area contributed by atoms with Crippen molar-refractivity contribution in [2.45, 2.75) is 20.8 Å². The molecule has 0 atom stereocenters. The van der Waals surface area contributed by atoms with Crippen LogP contribution in [0.15, 0.2) is 76.4 Å². The summed E-state index contributed by atoms with van der Waals surface area (Å²) >= 11 is 0. The van der Waals surface area contributed by atoms with Gasteiger partial charge < -0.3 is 4.74 Å². The van der Waals surface area contributed by atoms with Crippen molar-refractivity contribution in [3.05, 3.63) is 77.4 Å². The van der Waals surface area contributed by atoms with Gasteiger partial charge in [-0.25, -0.2) is 4.79 Å². The van der Waals surface area contributed by atoms with Crippen LogP contribution in [-0.2, 0) is 9.53 Å². The quantitative estimate of drug-likeness (QED) is 0.338. The van der Waals surface area contributed by atoms with Gasteiger partial charge in [0.15, 0.2) is 0 Å². The zero-order chi connectivity index (χ0) is 19.6. The maximum atomic E-state index is 12.5. The molecule has 0 saturated carbocycles. The number of hydroxylamine groups is 1. The normalized spacial score (nSPS) is 13.0. The fraction of sp³-hybridized carbons (Fsp3) is 0.190. The summed E-state index contributed by atoms with van der Waals surface area (Å²) < 4.78 is 5.14. The Morgan fingerprint density at radius 1 is 0.963 bits per heavy atom. The van der Waals surface area contributed by atoms with Crippen molar-refractivity contribution in [2.24, 2.45) is 10.2 Å². The molecule has 6 heteroatoms. The topological polar surface area (TPSA) is 83.3 Å². The highest BCUT2D eigenvalue weighted by Crippen LogP contribution is 2.18. The molecule has 2 N–H and O–H groups in total. The van der Waals surface area contributed by atoms with E-state index >= 15 is 0 Å². The van der Waals surface area contributed by atoms with Crippen LogP contribution in [0.4, 0.5) is 0 Å². The molecular weight excluding hydrogens is 342 g/mol. The molecule has 0 fully saturated rings. The molecule has 0 aromatic heterocycles. The van der Waals surface area contributed by atoms with Crippen LogP contribution in [0, 0.1) is 0 Å². The van der Waals surface area contributed by atoms with E-state index in [0.717, 1.165) is 5.56 Å². The number of carbonyl (C=O) groups excluding carboxylic acids is 1. The number of rotatable bonds is 7. The smallest absolute Gasteiger partial charge is 0.342 e. The average Bonchev–Trinajstić information content (AvgIpc) is 2.71. The molecule has 0 unspecified atom stereocenters. The number of carbonyl (C=O) groups is 1. The monoisotopic (exact) mass is 365 g/mol. The number of ether oxygens (including phenoxy) is 1. The Labute approximate surface area is 158 Å². The summed E-state index contributed by atoms with van der Waals surface area (Å²) in [5, 5.41) is 18.1. The first-order valence-electron chi connectivity index (χ1n) is 8.60. The lowest BCUT2D eigenvalue weighted by Crippen LogP contribution is -2.21. The third-order valence-corrected chi connectivity index (χ3v) is 3.81.